The van der Waals surface area contributed by atoms with Crippen LogP contribution in [0.4, 0.5) is 26.3 Å². The fourth-order valence-electron chi connectivity index (χ4n) is 6.01. The molecule has 0 spiro atoms. The molecular formula is C27H29F6N7O3. The van der Waals surface area contributed by atoms with Crippen molar-refractivity contribution in [2.75, 3.05) is 0 Å². The van der Waals surface area contributed by atoms with Gasteiger partial charge < -0.3 is 10.6 Å². The molecule has 3 fully saturated rings. The summed E-state index contributed by atoms with van der Waals surface area (Å²) < 4.78 is 87.9. The van der Waals surface area contributed by atoms with Crippen molar-refractivity contribution in [1.82, 2.24) is 35.5 Å². The summed E-state index contributed by atoms with van der Waals surface area (Å²) >= 11 is 0. The SMILES string of the molecule is Cc1nonc1C(=O)N[C@H](c1cn2ncc(C(NC(=O)C[C@H]3CC(F)(F)C3(F)F)C3CC3)cc2n1)C1CCC(F)(F)CC1. The standard InChI is InChI=1S/C27H29F6N7O3/c1-13-21(39-43-38-13)24(42)37-23(15-4-6-25(28,29)7-5-15)18-12-40-19(35-18)8-16(11-34-40)22(14-2-3-14)36-20(41)9-17-10-26(30,31)27(17,32)33/h8,11-12,14-15,17,22-23H,2-7,9-10H2,1H3,(H,36,41)(H,37,42)/t17-,22?,23-/m0/s1. The predicted molar refractivity (Wildman–Crippen MR) is 135 cm³/mol. The van der Waals surface area contributed by atoms with E-state index in [-0.39, 0.29) is 48.9 Å². The number of hydrogen-bond donors (Lipinski definition) is 2. The third kappa shape index (κ3) is 5.67. The highest BCUT2D eigenvalue weighted by Gasteiger charge is 2.71. The Bertz CT molecular complexity index is 1530. The molecule has 0 aliphatic heterocycles. The zero-order valence-corrected chi connectivity index (χ0v) is 23.0. The van der Waals surface area contributed by atoms with Crippen LogP contribution in [0.2, 0.25) is 0 Å². The molecular weight excluding hydrogens is 584 g/mol. The molecule has 3 aliphatic carbocycles. The minimum atomic E-state index is -4.23. The molecule has 6 rings (SSSR count). The Balaban J connectivity index is 1.23. The minimum absolute atomic E-state index is 0.0150. The van der Waals surface area contributed by atoms with Crippen LogP contribution in [0.15, 0.2) is 23.1 Å². The first-order chi connectivity index (χ1) is 20.2. The lowest BCUT2D eigenvalue weighted by molar-refractivity contribution is -0.313. The van der Waals surface area contributed by atoms with Gasteiger partial charge in [-0.05, 0) is 61.2 Å². The Labute approximate surface area is 240 Å². The van der Waals surface area contributed by atoms with Crippen LogP contribution in [0.25, 0.3) is 5.65 Å². The van der Waals surface area contributed by atoms with Crippen molar-refractivity contribution in [3.63, 3.8) is 0 Å². The van der Waals surface area contributed by atoms with E-state index in [1.807, 2.05) is 0 Å². The molecule has 0 radical (unpaired) electrons. The van der Waals surface area contributed by atoms with E-state index in [4.69, 9.17) is 0 Å². The number of nitrogens with zero attached hydrogens (tertiary/aromatic N) is 5. The normalized spacial score (nSPS) is 24.2. The summed E-state index contributed by atoms with van der Waals surface area (Å²) in [4.78, 5) is 30.3. The maximum atomic E-state index is 13.9. The molecule has 3 aliphatic rings. The van der Waals surface area contributed by atoms with Gasteiger partial charge >= 0.3 is 11.8 Å². The van der Waals surface area contributed by atoms with Crippen molar-refractivity contribution in [1.29, 1.82) is 0 Å². The first-order valence-corrected chi connectivity index (χ1v) is 14.1. The Morgan fingerprint density at radius 2 is 1.72 bits per heavy atom. The molecule has 0 saturated heterocycles. The van der Waals surface area contributed by atoms with Crippen LogP contribution in [0, 0.1) is 24.7 Å². The molecule has 16 heteroatoms. The van der Waals surface area contributed by atoms with E-state index in [1.54, 1.807) is 19.2 Å². The van der Waals surface area contributed by atoms with Gasteiger partial charge in [-0.3, -0.25) is 9.59 Å². The van der Waals surface area contributed by atoms with Crippen molar-refractivity contribution >= 4 is 17.5 Å². The zero-order chi connectivity index (χ0) is 30.7. The quantitative estimate of drug-likeness (QED) is 0.327. The summed E-state index contributed by atoms with van der Waals surface area (Å²) in [7, 11) is 0. The molecule has 3 heterocycles. The molecule has 3 atom stereocenters. The minimum Gasteiger partial charge on any atom is -0.349 e. The Morgan fingerprint density at radius 1 is 1.02 bits per heavy atom. The van der Waals surface area contributed by atoms with Gasteiger partial charge in [-0.25, -0.2) is 22.9 Å². The fourth-order valence-corrected chi connectivity index (χ4v) is 6.01. The summed E-state index contributed by atoms with van der Waals surface area (Å²) in [6.45, 7) is 1.54. The van der Waals surface area contributed by atoms with E-state index in [9.17, 15) is 35.9 Å². The molecule has 0 aromatic carbocycles. The third-order valence-electron chi connectivity index (χ3n) is 8.77. The number of imidazole rings is 1. The van der Waals surface area contributed by atoms with Crippen molar-refractivity contribution in [3.8, 4) is 0 Å². The zero-order valence-electron chi connectivity index (χ0n) is 23.0. The smallest absolute Gasteiger partial charge is 0.313 e. The van der Waals surface area contributed by atoms with E-state index in [1.165, 1.54) is 10.7 Å². The fraction of sp³-hybridized carbons (Fsp3) is 0.630. The molecule has 43 heavy (non-hydrogen) atoms. The molecule has 2 N–H and O–H groups in total. The number of halogens is 6. The van der Waals surface area contributed by atoms with Crippen molar-refractivity contribution in [2.24, 2.45) is 17.8 Å². The molecule has 3 saturated carbocycles. The number of rotatable bonds is 9. The average Bonchev–Trinajstić information content (AvgIpc) is 3.55. The Morgan fingerprint density at radius 3 is 2.33 bits per heavy atom. The first-order valence-electron chi connectivity index (χ1n) is 14.1. The van der Waals surface area contributed by atoms with Crippen LogP contribution in [-0.4, -0.2) is 54.5 Å². The van der Waals surface area contributed by atoms with Gasteiger partial charge in [-0.2, -0.15) is 22.7 Å². The molecule has 1 unspecified atom stereocenters. The van der Waals surface area contributed by atoms with Gasteiger partial charge in [0.25, 0.3) is 5.91 Å². The summed E-state index contributed by atoms with van der Waals surface area (Å²) in [6.07, 6.45) is 2.45. The van der Waals surface area contributed by atoms with Gasteiger partial charge in [-0.1, -0.05) is 5.16 Å². The van der Waals surface area contributed by atoms with Crippen LogP contribution >= 0.6 is 0 Å². The molecule has 0 bridgehead atoms. The number of fused-ring (bicyclic) bond motifs is 1. The van der Waals surface area contributed by atoms with Crippen LogP contribution in [0.5, 0.6) is 0 Å². The summed E-state index contributed by atoms with van der Waals surface area (Å²) in [6, 6.07) is 0.315. The van der Waals surface area contributed by atoms with Gasteiger partial charge in [0.15, 0.2) is 11.3 Å². The highest BCUT2D eigenvalue weighted by molar-refractivity contribution is 5.93. The molecule has 10 nitrogen and oxygen atoms in total. The molecule has 2 amide bonds. The maximum Gasteiger partial charge on any atom is 0.313 e. The first kappa shape index (κ1) is 29.4. The summed E-state index contributed by atoms with van der Waals surface area (Å²) in [5, 5.41) is 17.2. The van der Waals surface area contributed by atoms with Crippen molar-refractivity contribution in [3.05, 3.63) is 41.1 Å². The van der Waals surface area contributed by atoms with Gasteiger partial charge in [0.1, 0.15) is 5.69 Å². The van der Waals surface area contributed by atoms with E-state index >= 15 is 0 Å². The summed E-state index contributed by atoms with van der Waals surface area (Å²) in [5.41, 5.74) is 1.49. The lowest BCUT2D eigenvalue weighted by atomic mass is 9.74. The lowest BCUT2D eigenvalue weighted by Gasteiger charge is -2.43. The van der Waals surface area contributed by atoms with Crippen LogP contribution in [0.3, 0.4) is 0 Å². The van der Waals surface area contributed by atoms with E-state index < -0.39 is 60.4 Å². The predicted octanol–water partition coefficient (Wildman–Crippen LogP) is 4.97. The number of nitrogens with one attached hydrogen (secondary N) is 2. The summed E-state index contributed by atoms with van der Waals surface area (Å²) in [5.74, 6) is -14.6. The van der Waals surface area contributed by atoms with Crippen LogP contribution in [0.1, 0.15) is 90.9 Å². The second-order valence-corrected chi connectivity index (χ2v) is 11.9. The molecule has 3 aromatic rings. The van der Waals surface area contributed by atoms with Crippen LogP contribution in [-0.2, 0) is 4.79 Å². The number of amides is 2. The number of hydrogen-bond acceptors (Lipinski definition) is 7. The topological polar surface area (TPSA) is 127 Å². The highest BCUT2D eigenvalue weighted by Crippen LogP contribution is 2.56. The maximum absolute atomic E-state index is 13.9. The van der Waals surface area contributed by atoms with Gasteiger partial charge in [-0.15, -0.1) is 0 Å². The van der Waals surface area contributed by atoms with Crippen molar-refractivity contribution < 1.29 is 40.6 Å². The number of alkyl halides is 6. The number of carbonyl (C=O) groups is 2. The van der Waals surface area contributed by atoms with Gasteiger partial charge in [0.2, 0.25) is 11.8 Å². The monoisotopic (exact) mass is 613 g/mol. The number of aryl methyl sites for hydroxylation is 1. The second-order valence-electron chi connectivity index (χ2n) is 11.9. The lowest BCUT2D eigenvalue weighted by Crippen LogP contribution is -2.59. The average molecular weight is 614 g/mol. The van der Waals surface area contributed by atoms with Gasteiger partial charge in [0, 0.05) is 31.6 Å². The largest absolute Gasteiger partial charge is 0.349 e. The van der Waals surface area contributed by atoms with Crippen molar-refractivity contribution in [2.45, 2.75) is 88.1 Å². The highest BCUT2D eigenvalue weighted by atomic mass is 19.3. The molecule has 3 aromatic heterocycles. The second kappa shape index (κ2) is 10.5. The number of aromatic nitrogens is 5. The number of carbonyl (C=O) groups excluding carboxylic acids is 2. The Hall–Kier alpha value is -3.72. The van der Waals surface area contributed by atoms with Crippen LogP contribution < -0.4 is 10.6 Å². The molecule has 232 valence electrons. The van der Waals surface area contributed by atoms with Gasteiger partial charge in [0.05, 0.1) is 30.2 Å². The third-order valence-corrected chi connectivity index (χ3v) is 8.77. The van der Waals surface area contributed by atoms with E-state index in [2.05, 4.69) is 35.7 Å². The Kier molecular flexibility index (Phi) is 7.15. The van der Waals surface area contributed by atoms with E-state index in [0.29, 0.717) is 16.9 Å². The van der Waals surface area contributed by atoms with E-state index in [0.717, 1.165) is 12.8 Å².